The number of hydrogen-bond donors (Lipinski definition) is 1. The van der Waals surface area contributed by atoms with Crippen molar-refractivity contribution < 1.29 is 9.59 Å². The van der Waals surface area contributed by atoms with Crippen LogP contribution in [0.25, 0.3) is 0 Å². The van der Waals surface area contributed by atoms with Gasteiger partial charge in [0.1, 0.15) is 0 Å². The van der Waals surface area contributed by atoms with E-state index in [1.807, 2.05) is 0 Å². The van der Waals surface area contributed by atoms with E-state index in [2.05, 4.69) is 11.9 Å². The van der Waals surface area contributed by atoms with Crippen LogP contribution in [-0.4, -0.2) is 36.9 Å². The fraction of sp³-hybridized carbons (Fsp3) is 0.667. The van der Waals surface area contributed by atoms with Gasteiger partial charge in [-0.3, -0.25) is 9.59 Å². The quantitative estimate of drug-likeness (QED) is 0.725. The van der Waals surface area contributed by atoms with Crippen molar-refractivity contribution >= 4 is 11.8 Å². The number of carbonyl (C=O) groups is 2. The predicted octanol–water partition coefficient (Wildman–Crippen LogP) is 0.936. The van der Waals surface area contributed by atoms with Gasteiger partial charge in [-0.2, -0.15) is 0 Å². The molecule has 0 aromatic rings. The zero-order valence-electron chi connectivity index (χ0n) is 10.0. The van der Waals surface area contributed by atoms with Crippen LogP contribution in [-0.2, 0) is 9.59 Å². The molecule has 1 aliphatic rings. The summed E-state index contributed by atoms with van der Waals surface area (Å²) in [6, 6.07) is 0.119. The van der Waals surface area contributed by atoms with E-state index >= 15 is 0 Å². The van der Waals surface area contributed by atoms with Crippen LogP contribution in [0.1, 0.15) is 25.7 Å². The van der Waals surface area contributed by atoms with Crippen LogP contribution in [0.4, 0.5) is 0 Å². The van der Waals surface area contributed by atoms with E-state index in [4.69, 9.17) is 0 Å². The lowest BCUT2D eigenvalue weighted by molar-refractivity contribution is -0.134. The summed E-state index contributed by atoms with van der Waals surface area (Å²) in [5.41, 5.74) is 0. The van der Waals surface area contributed by atoms with Crippen LogP contribution in [0.15, 0.2) is 12.7 Å². The Kier molecular flexibility index (Phi) is 4.52. The van der Waals surface area contributed by atoms with Crippen LogP contribution < -0.4 is 5.32 Å². The first kappa shape index (κ1) is 12.7. The Morgan fingerprint density at radius 3 is 2.62 bits per heavy atom. The SMILES string of the molecule is C=CC(=O)NC1CCCC(C(=O)N(C)C)C1. The zero-order valence-corrected chi connectivity index (χ0v) is 10.0. The van der Waals surface area contributed by atoms with Crippen LogP contribution in [0.5, 0.6) is 0 Å². The average molecular weight is 224 g/mol. The van der Waals surface area contributed by atoms with Crippen LogP contribution in [0, 0.1) is 5.92 Å². The molecular formula is C12H20N2O2. The van der Waals surface area contributed by atoms with E-state index < -0.39 is 0 Å². The summed E-state index contributed by atoms with van der Waals surface area (Å²) < 4.78 is 0. The first-order valence-electron chi connectivity index (χ1n) is 5.68. The number of nitrogens with zero attached hydrogens (tertiary/aromatic N) is 1. The van der Waals surface area contributed by atoms with Crippen molar-refractivity contribution in [1.82, 2.24) is 10.2 Å². The van der Waals surface area contributed by atoms with Gasteiger partial charge in [-0.05, 0) is 25.3 Å². The molecule has 16 heavy (non-hydrogen) atoms. The third-order valence-electron chi connectivity index (χ3n) is 3.00. The molecule has 1 aliphatic carbocycles. The lowest BCUT2D eigenvalue weighted by Crippen LogP contribution is -2.41. The summed E-state index contributed by atoms with van der Waals surface area (Å²) in [6.45, 7) is 3.42. The minimum absolute atomic E-state index is 0.0545. The molecule has 2 atom stereocenters. The van der Waals surface area contributed by atoms with Gasteiger partial charge in [-0.15, -0.1) is 0 Å². The minimum atomic E-state index is -0.150. The molecule has 90 valence electrons. The maximum atomic E-state index is 11.8. The molecule has 0 aliphatic heterocycles. The maximum Gasteiger partial charge on any atom is 0.243 e. The molecule has 0 aromatic heterocycles. The van der Waals surface area contributed by atoms with Crippen molar-refractivity contribution in [3.05, 3.63) is 12.7 Å². The van der Waals surface area contributed by atoms with Crippen LogP contribution >= 0.6 is 0 Å². The first-order chi connectivity index (χ1) is 7.54. The second-order valence-electron chi connectivity index (χ2n) is 4.51. The molecule has 1 N–H and O–H groups in total. The number of rotatable bonds is 3. The molecule has 4 nitrogen and oxygen atoms in total. The van der Waals surface area contributed by atoms with Crippen molar-refractivity contribution in [1.29, 1.82) is 0 Å². The molecule has 0 bridgehead atoms. The van der Waals surface area contributed by atoms with Gasteiger partial charge < -0.3 is 10.2 Å². The van der Waals surface area contributed by atoms with Gasteiger partial charge in [0, 0.05) is 26.1 Å². The summed E-state index contributed by atoms with van der Waals surface area (Å²) >= 11 is 0. The van der Waals surface area contributed by atoms with Crippen LogP contribution in [0.2, 0.25) is 0 Å². The van der Waals surface area contributed by atoms with Gasteiger partial charge in [0.15, 0.2) is 0 Å². The van der Waals surface area contributed by atoms with Crippen molar-refractivity contribution in [2.24, 2.45) is 5.92 Å². The van der Waals surface area contributed by atoms with E-state index in [-0.39, 0.29) is 23.8 Å². The second kappa shape index (κ2) is 5.68. The summed E-state index contributed by atoms with van der Waals surface area (Å²) in [6.07, 6.45) is 4.90. The lowest BCUT2D eigenvalue weighted by Gasteiger charge is -2.30. The third kappa shape index (κ3) is 3.36. The van der Waals surface area contributed by atoms with E-state index in [0.29, 0.717) is 0 Å². The van der Waals surface area contributed by atoms with Crippen LogP contribution in [0.3, 0.4) is 0 Å². The largest absolute Gasteiger partial charge is 0.350 e. The topological polar surface area (TPSA) is 49.4 Å². The number of carbonyl (C=O) groups excluding carboxylic acids is 2. The molecular weight excluding hydrogens is 204 g/mol. The second-order valence-corrected chi connectivity index (χ2v) is 4.51. The predicted molar refractivity (Wildman–Crippen MR) is 62.8 cm³/mol. The Hall–Kier alpha value is -1.32. The standard InChI is InChI=1S/C12H20N2O2/c1-4-11(15)13-10-7-5-6-9(8-10)12(16)14(2)3/h4,9-10H,1,5-8H2,2-3H3,(H,13,15). The highest BCUT2D eigenvalue weighted by molar-refractivity contribution is 5.87. The molecule has 1 fully saturated rings. The van der Waals surface area contributed by atoms with E-state index in [0.717, 1.165) is 25.7 Å². The van der Waals surface area contributed by atoms with E-state index in [9.17, 15) is 9.59 Å². The van der Waals surface area contributed by atoms with E-state index in [1.54, 1.807) is 19.0 Å². The number of amides is 2. The highest BCUT2D eigenvalue weighted by Gasteiger charge is 2.28. The molecule has 2 unspecified atom stereocenters. The monoisotopic (exact) mass is 224 g/mol. The van der Waals surface area contributed by atoms with Crippen molar-refractivity contribution in [2.45, 2.75) is 31.7 Å². The Labute approximate surface area is 96.7 Å². The van der Waals surface area contributed by atoms with Crippen molar-refractivity contribution in [3.63, 3.8) is 0 Å². The van der Waals surface area contributed by atoms with Gasteiger partial charge in [-0.25, -0.2) is 0 Å². The van der Waals surface area contributed by atoms with Crippen molar-refractivity contribution in [3.8, 4) is 0 Å². The molecule has 2 amide bonds. The Morgan fingerprint density at radius 1 is 1.38 bits per heavy atom. The highest BCUT2D eigenvalue weighted by atomic mass is 16.2. The summed E-state index contributed by atoms with van der Waals surface area (Å²) in [5.74, 6) is 0.0689. The summed E-state index contributed by atoms with van der Waals surface area (Å²) in [5, 5.41) is 2.86. The highest BCUT2D eigenvalue weighted by Crippen LogP contribution is 2.25. The molecule has 0 spiro atoms. The smallest absolute Gasteiger partial charge is 0.243 e. The maximum absolute atomic E-state index is 11.8. The lowest BCUT2D eigenvalue weighted by atomic mass is 9.85. The molecule has 1 rings (SSSR count). The van der Waals surface area contributed by atoms with E-state index in [1.165, 1.54) is 6.08 Å². The summed E-state index contributed by atoms with van der Waals surface area (Å²) in [4.78, 5) is 24.6. The van der Waals surface area contributed by atoms with Gasteiger partial charge in [0.25, 0.3) is 0 Å². The fourth-order valence-corrected chi connectivity index (χ4v) is 2.17. The third-order valence-corrected chi connectivity index (χ3v) is 3.00. The Balaban J connectivity index is 2.50. The first-order valence-corrected chi connectivity index (χ1v) is 5.68. The number of hydrogen-bond acceptors (Lipinski definition) is 2. The zero-order chi connectivity index (χ0) is 12.1. The molecule has 0 saturated heterocycles. The molecule has 0 radical (unpaired) electrons. The van der Waals surface area contributed by atoms with Gasteiger partial charge in [0.05, 0.1) is 0 Å². The Morgan fingerprint density at radius 2 is 2.06 bits per heavy atom. The normalized spacial score (nSPS) is 24.6. The fourth-order valence-electron chi connectivity index (χ4n) is 2.17. The molecule has 0 aromatic carbocycles. The average Bonchev–Trinajstić information content (AvgIpc) is 2.28. The van der Waals surface area contributed by atoms with Gasteiger partial charge >= 0.3 is 0 Å². The molecule has 4 heteroatoms. The summed E-state index contributed by atoms with van der Waals surface area (Å²) in [7, 11) is 3.54. The van der Waals surface area contributed by atoms with Crippen molar-refractivity contribution in [2.75, 3.05) is 14.1 Å². The minimum Gasteiger partial charge on any atom is -0.350 e. The number of nitrogens with one attached hydrogen (secondary N) is 1. The molecule has 1 saturated carbocycles. The van der Waals surface area contributed by atoms with Gasteiger partial charge in [-0.1, -0.05) is 13.0 Å². The Bertz CT molecular complexity index is 287. The van der Waals surface area contributed by atoms with Gasteiger partial charge in [0.2, 0.25) is 11.8 Å². The molecule has 0 heterocycles.